The maximum atomic E-state index is 14.5. The highest BCUT2D eigenvalue weighted by Crippen LogP contribution is 2.46. The van der Waals surface area contributed by atoms with Crippen molar-refractivity contribution in [1.82, 2.24) is 19.9 Å². The molecule has 2 aromatic heterocycles. The summed E-state index contributed by atoms with van der Waals surface area (Å²) >= 11 is 0. The molecule has 6 nitrogen and oxygen atoms in total. The molecule has 0 saturated heterocycles. The number of amides is 1. The van der Waals surface area contributed by atoms with Crippen LogP contribution in [-0.2, 0) is 17.8 Å². The Morgan fingerprint density at radius 1 is 1.11 bits per heavy atom. The Bertz CT molecular complexity index is 1440. The lowest BCUT2D eigenvalue weighted by molar-refractivity contribution is -0.140. The van der Waals surface area contributed by atoms with Gasteiger partial charge >= 0.3 is 12.3 Å². The molecule has 37 heavy (non-hydrogen) atoms. The van der Waals surface area contributed by atoms with Crippen LogP contribution in [-0.4, -0.2) is 32.9 Å². The molecular weight excluding hydrogens is 502 g/mol. The number of alkyl carbamates (subject to hydrolysis) is 1. The number of benzene rings is 2. The third kappa shape index (κ3) is 5.42. The lowest BCUT2D eigenvalue weighted by atomic mass is 9.75. The van der Waals surface area contributed by atoms with Crippen molar-refractivity contribution in [2.75, 3.05) is 0 Å². The number of alkyl halides is 3. The fourth-order valence-electron chi connectivity index (χ4n) is 4.55. The number of nitrogens with one attached hydrogen (secondary N) is 2. The van der Waals surface area contributed by atoms with Gasteiger partial charge in [0.15, 0.2) is 0 Å². The molecule has 1 fully saturated rings. The molecule has 1 aliphatic rings. The van der Waals surface area contributed by atoms with Gasteiger partial charge in [-0.2, -0.15) is 13.2 Å². The van der Waals surface area contributed by atoms with Crippen molar-refractivity contribution in [1.29, 1.82) is 0 Å². The number of hydrogen-bond acceptors (Lipinski definition) is 3. The zero-order chi connectivity index (χ0) is 26.3. The van der Waals surface area contributed by atoms with Gasteiger partial charge in [0.25, 0.3) is 0 Å². The van der Waals surface area contributed by atoms with Gasteiger partial charge in [0.05, 0.1) is 29.8 Å². The molecule has 4 aromatic rings. The van der Waals surface area contributed by atoms with E-state index in [9.17, 15) is 31.1 Å². The number of halogens is 6. The highest BCUT2D eigenvalue weighted by molar-refractivity contribution is 5.92. The number of carbonyl (C=O) groups is 1. The Balaban J connectivity index is 1.25. The average molecular weight is 522 g/mol. The maximum Gasteiger partial charge on any atom is 0.407 e. The lowest BCUT2D eigenvalue weighted by Gasteiger charge is -2.35. The van der Waals surface area contributed by atoms with Crippen LogP contribution in [0, 0.1) is 17.5 Å². The number of aromatic amines is 1. The molecule has 0 spiro atoms. The Kier molecular flexibility index (Phi) is 6.34. The number of hydrogen-bond donors (Lipinski definition) is 2. The van der Waals surface area contributed by atoms with Gasteiger partial charge in [0, 0.05) is 17.6 Å². The van der Waals surface area contributed by atoms with E-state index in [4.69, 9.17) is 4.74 Å². The van der Waals surface area contributed by atoms with Gasteiger partial charge in [-0.25, -0.2) is 22.9 Å². The summed E-state index contributed by atoms with van der Waals surface area (Å²) in [4.78, 5) is 19.0. The first kappa shape index (κ1) is 24.7. The molecule has 1 amide bonds. The monoisotopic (exact) mass is 522 g/mol. The van der Waals surface area contributed by atoms with Crippen molar-refractivity contribution in [3.05, 3.63) is 77.6 Å². The highest BCUT2D eigenvalue weighted by Gasteiger charge is 2.37. The molecule has 0 aliphatic heterocycles. The van der Waals surface area contributed by atoms with Gasteiger partial charge in [-0.3, -0.25) is 0 Å². The fraction of sp³-hybridized carbons (Fsp3) is 0.280. The van der Waals surface area contributed by atoms with E-state index in [1.807, 2.05) is 0 Å². The highest BCUT2D eigenvalue weighted by atomic mass is 19.4. The molecule has 1 saturated carbocycles. The topological polar surface area (TPSA) is 71.9 Å². The normalized spacial score (nSPS) is 17.6. The molecule has 12 heteroatoms. The molecule has 0 unspecified atom stereocenters. The third-order valence-corrected chi connectivity index (χ3v) is 6.24. The zero-order valence-corrected chi connectivity index (χ0v) is 19.1. The van der Waals surface area contributed by atoms with Crippen LogP contribution in [0.15, 0.2) is 48.9 Å². The van der Waals surface area contributed by atoms with Crippen molar-refractivity contribution in [2.45, 2.75) is 44.1 Å². The van der Waals surface area contributed by atoms with Gasteiger partial charge in [-0.1, -0.05) is 0 Å². The Hall–Kier alpha value is -3.96. The van der Waals surface area contributed by atoms with Crippen LogP contribution >= 0.6 is 0 Å². The van der Waals surface area contributed by atoms with E-state index >= 15 is 0 Å². The standard InChI is InChI=1S/C25H20F6N4O2/c26-15-3-1-13(2-4-15)22-21(19-7-16(27)8-20(28)23(19)34-22)14-5-18(6-14)37-24(36)32-9-17-10-35(12-33-17)11-25(29,30)31/h1-4,7-8,10,12,14,18,34H,5-6,9,11H2,(H,32,36)/t14-,18-. The average Bonchev–Trinajstić information content (AvgIpc) is 3.38. The second-order valence-electron chi connectivity index (χ2n) is 8.93. The van der Waals surface area contributed by atoms with Crippen LogP contribution in [0.25, 0.3) is 22.2 Å². The fourth-order valence-corrected chi connectivity index (χ4v) is 4.55. The SMILES string of the molecule is O=C(NCc1cn(CC(F)(F)F)cn1)O[C@H]1C[C@H](c2c(-c3ccc(F)cc3)[nH]c3c(F)cc(F)cc32)C1. The van der Waals surface area contributed by atoms with Crippen LogP contribution in [0.5, 0.6) is 0 Å². The molecule has 194 valence electrons. The molecule has 2 N–H and O–H groups in total. The second kappa shape index (κ2) is 9.49. The van der Waals surface area contributed by atoms with Crippen molar-refractivity contribution < 1.29 is 35.9 Å². The quantitative estimate of drug-likeness (QED) is 0.297. The molecular formula is C25H20F6N4O2. The molecule has 2 aromatic carbocycles. The molecule has 1 aliphatic carbocycles. The smallest absolute Gasteiger partial charge is 0.407 e. The summed E-state index contributed by atoms with van der Waals surface area (Å²) in [6.07, 6.45) is -2.65. The maximum absolute atomic E-state index is 14.5. The first-order valence-corrected chi connectivity index (χ1v) is 11.3. The van der Waals surface area contributed by atoms with Crippen molar-refractivity contribution in [2.24, 2.45) is 0 Å². The third-order valence-electron chi connectivity index (χ3n) is 6.24. The summed E-state index contributed by atoms with van der Waals surface area (Å²) in [5.74, 6) is -2.12. The number of nitrogens with zero attached hydrogens (tertiary/aromatic N) is 2. The lowest BCUT2D eigenvalue weighted by Crippen LogP contribution is -2.36. The first-order chi connectivity index (χ1) is 17.6. The second-order valence-corrected chi connectivity index (χ2v) is 8.93. The number of ether oxygens (including phenoxy) is 1. The summed E-state index contributed by atoms with van der Waals surface area (Å²) in [6, 6.07) is 7.62. The van der Waals surface area contributed by atoms with Crippen molar-refractivity contribution in [3.8, 4) is 11.3 Å². The molecule has 0 atom stereocenters. The van der Waals surface area contributed by atoms with Crippen LogP contribution in [0.2, 0.25) is 0 Å². The molecule has 2 heterocycles. The Labute approximate surface area is 206 Å². The summed E-state index contributed by atoms with van der Waals surface area (Å²) in [5.41, 5.74) is 2.14. The number of H-pyrrole nitrogens is 1. The summed E-state index contributed by atoms with van der Waals surface area (Å²) in [5, 5.41) is 2.81. The predicted molar refractivity (Wildman–Crippen MR) is 121 cm³/mol. The van der Waals surface area contributed by atoms with Gasteiger partial charge in [-0.15, -0.1) is 0 Å². The minimum Gasteiger partial charge on any atom is -0.446 e. The van der Waals surface area contributed by atoms with Crippen LogP contribution in [0.1, 0.15) is 30.0 Å². The minimum absolute atomic E-state index is 0.116. The molecule has 5 rings (SSSR count). The Morgan fingerprint density at radius 2 is 1.84 bits per heavy atom. The van der Waals surface area contributed by atoms with Crippen LogP contribution in [0.3, 0.4) is 0 Å². The van der Waals surface area contributed by atoms with Crippen molar-refractivity contribution in [3.63, 3.8) is 0 Å². The van der Waals surface area contributed by atoms with E-state index in [1.165, 1.54) is 36.5 Å². The van der Waals surface area contributed by atoms with E-state index < -0.39 is 42.4 Å². The predicted octanol–water partition coefficient (Wildman–Crippen LogP) is 6.18. The number of fused-ring (bicyclic) bond motifs is 1. The summed E-state index contributed by atoms with van der Waals surface area (Å²) in [7, 11) is 0. The van der Waals surface area contributed by atoms with E-state index in [0.717, 1.165) is 17.0 Å². The van der Waals surface area contributed by atoms with Gasteiger partial charge in [0.1, 0.15) is 30.1 Å². The first-order valence-electron chi connectivity index (χ1n) is 11.3. The van der Waals surface area contributed by atoms with E-state index in [2.05, 4.69) is 15.3 Å². The number of carbonyl (C=O) groups excluding carboxylic acids is 1. The molecule has 0 bridgehead atoms. The summed E-state index contributed by atoms with van der Waals surface area (Å²) in [6.45, 7) is -1.30. The molecule has 0 radical (unpaired) electrons. The zero-order valence-electron chi connectivity index (χ0n) is 19.1. The van der Waals surface area contributed by atoms with E-state index in [0.29, 0.717) is 35.0 Å². The van der Waals surface area contributed by atoms with Gasteiger partial charge in [0.2, 0.25) is 0 Å². The van der Waals surface area contributed by atoms with Gasteiger partial charge < -0.3 is 19.6 Å². The number of aromatic nitrogens is 3. The van der Waals surface area contributed by atoms with Gasteiger partial charge in [-0.05, 0) is 60.2 Å². The minimum atomic E-state index is -4.38. The largest absolute Gasteiger partial charge is 0.446 e. The number of imidazole rings is 1. The van der Waals surface area contributed by atoms with Crippen LogP contribution in [0.4, 0.5) is 31.1 Å². The summed E-state index contributed by atoms with van der Waals surface area (Å²) < 4.78 is 85.6. The van der Waals surface area contributed by atoms with Crippen LogP contribution < -0.4 is 5.32 Å². The number of rotatable bonds is 6. The van der Waals surface area contributed by atoms with E-state index in [-0.39, 0.29) is 23.7 Å². The van der Waals surface area contributed by atoms with Crippen molar-refractivity contribution >= 4 is 17.0 Å². The van der Waals surface area contributed by atoms with E-state index in [1.54, 1.807) is 0 Å². The Morgan fingerprint density at radius 3 is 2.54 bits per heavy atom.